The fourth-order valence-corrected chi connectivity index (χ4v) is 3.01. The molecule has 0 saturated carbocycles. The number of rotatable bonds is 2. The predicted octanol–water partition coefficient (Wildman–Crippen LogP) is 4.15. The van der Waals surface area contributed by atoms with E-state index in [9.17, 15) is 9.59 Å². The molecule has 0 aliphatic carbocycles. The molecular formula is C17H14Cl2N2O2. The van der Waals surface area contributed by atoms with E-state index in [2.05, 4.69) is 5.32 Å². The van der Waals surface area contributed by atoms with E-state index in [1.165, 1.54) is 6.92 Å². The number of benzene rings is 2. The third-order valence-corrected chi connectivity index (χ3v) is 4.64. The molecule has 1 aliphatic rings. The van der Waals surface area contributed by atoms with Crippen molar-refractivity contribution < 1.29 is 9.59 Å². The maximum atomic E-state index is 12.4. The van der Waals surface area contributed by atoms with Crippen molar-refractivity contribution in [1.29, 1.82) is 0 Å². The lowest BCUT2D eigenvalue weighted by Crippen LogP contribution is -2.25. The van der Waals surface area contributed by atoms with Crippen LogP contribution in [0.1, 0.15) is 22.8 Å². The van der Waals surface area contributed by atoms with Crippen molar-refractivity contribution >= 4 is 46.4 Å². The summed E-state index contributed by atoms with van der Waals surface area (Å²) in [5, 5.41) is 3.45. The maximum Gasteiger partial charge on any atom is 0.255 e. The summed E-state index contributed by atoms with van der Waals surface area (Å²) in [6.45, 7) is 2.19. The Balaban J connectivity index is 1.84. The van der Waals surface area contributed by atoms with Crippen molar-refractivity contribution in [1.82, 2.24) is 0 Å². The van der Waals surface area contributed by atoms with Crippen LogP contribution < -0.4 is 10.2 Å². The molecule has 0 bridgehead atoms. The molecule has 6 heteroatoms. The second kappa shape index (κ2) is 6.22. The van der Waals surface area contributed by atoms with Crippen molar-refractivity contribution in [3.05, 3.63) is 57.6 Å². The molecule has 1 aliphatic heterocycles. The number of nitrogens with one attached hydrogen (secondary N) is 1. The Kier molecular flexibility index (Phi) is 4.28. The van der Waals surface area contributed by atoms with Crippen molar-refractivity contribution in [2.24, 2.45) is 0 Å². The number of hydrogen-bond acceptors (Lipinski definition) is 2. The number of nitrogens with zero attached hydrogens (tertiary/aromatic N) is 1. The quantitative estimate of drug-likeness (QED) is 0.885. The summed E-state index contributed by atoms with van der Waals surface area (Å²) in [7, 11) is 0. The van der Waals surface area contributed by atoms with Crippen molar-refractivity contribution in [3.8, 4) is 0 Å². The van der Waals surface area contributed by atoms with Gasteiger partial charge in [0, 0.05) is 24.7 Å². The van der Waals surface area contributed by atoms with Crippen molar-refractivity contribution in [2.45, 2.75) is 13.3 Å². The third kappa shape index (κ3) is 3.05. The lowest BCUT2D eigenvalue weighted by Gasteiger charge is -2.15. The molecule has 0 saturated heterocycles. The third-order valence-electron chi connectivity index (χ3n) is 3.82. The number of carbonyl (C=O) groups is 2. The molecule has 0 radical (unpaired) electrons. The van der Waals surface area contributed by atoms with Gasteiger partial charge in [0.1, 0.15) is 0 Å². The highest BCUT2D eigenvalue weighted by atomic mass is 35.5. The lowest BCUT2D eigenvalue weighted by atomic mass is 10.1. The van der Waals surface area contributed by atoms with Crippen LogP contribution in [-0.2, 0) is 11.2 Å². The van der Waals surface area contributed by atoms with E-state index in [1.807, 2.05) is 6.07 Å². The van der Waals surface area contributed by atoms with E-state index in [1.54, 1.807) is 35.2 Å². The zero-order valence-corrected chi connectivity index (χ0v) is 13.9. The molecule has 4 nitrogen and oxygen atoms in total. The Morgan fingerprint density at radius 3 is 2.70 bits per heavy atom. The molecule has 118 valence electrons. The van der Waals surface area contributed by atoms with Gasteiger partial charge in [0.15, 0.2) is 0 Å². The Bertz CT molecular complexity index is 805. The fraction of sp³-hybridized carbons (Fsp3) is 0.176. The fourth-order valence-electron chi connectivity index (χ4n) is 2.66. The Morgan fingerprint density at radius 2 is 1.96 bits per heavy atom. The molecule has 2 aromatic rings. The summed E-state index contributed by atoms with van der Waals surface area (Å²) < 4.78 is 0. The molecule has 0 unspecified atom stereocenters. The molecule has 0 aromatic heterocycles. The zero-order valence-electron chi connectivity index (χ0n) is 12.4. The first-order chi connectivity index (χ1) is 11.0. The molecule has 1 N–H and O–H groups in total. The molecule has 1 heterocycles. The van der Waals surface area contributed by atoms with Crippen LogP contribution >= 0.6 is 23.2 Å². The predicted molar refractivity (Wildman–Crippen MR) is 92.6 cm³/mol. The second-order valence-corrected chi connectivity index (χ2v) is 6.10. The number of fused-ring (bicyclic) bond motifs is 1. The van der Waals surface area contributed by atoms with Crippen LogP contribution in [0.5, 0.6) is 0 Å². The molecule has 0 fully saturated rings. The minimum absolute atomic E-state index is 0.00617. The van der Waals surface area contributed by atoms with Gasteiger partial charge in [-0.15, -0.1) is 0 Å². The average Bonchev–Trinajstić information content (AvgIpc) is 2.95. The number of anilines is 2. The molecule has 23 heavy (non-hydrogen) atoms. The summed E-state index contributed by atoms with van der Waals surface area (Å²) in [4.78, 5) is 25.7. The monoisotopic (exact) mass is 348 g/mol. The Labute approximate surface area is 144 Å². The van der Waals surface area contributed by atoms with E-state index in [4.69, 9.17) is 23.2 Å². The van der Waals surface area contributed by atoms with E-state index in [0.717, 1.165) is 17.7 Å². The van der Waals surface area contributed by atoms with Crippen LogP contribution in [0, 0.1) is 0 Å². The molecule has 3 rings (SSSR count). The van der Waals surface area contributed by atoms with E-state index in [0.29, 0.717) is 27.8 Å². The van der Waals surface area contributed by atoms with Crippen LogP contribution in [0.25, 0.3) is 0 Å². The molecule has 0 atom stereocenters. The summed E-state index contributed by atoms with van der Waals surface area (Å²) in [6, 6.07) is 10.4. The SMILES string of the molecule is CC(=O)N1CCc2cc(C(=O)Nc3cccc(Cl)c3Cl)ccc21. The number of halogens is 2. The molecule has 0 spiro atoms. The first kappa shape index (κ1) is 15.8. The van der Waals surface area contributed by atoms with Crippen LogP contribution in [-0.4, -0.2) is 18.4 Å². The van der Waals surface area contributed by atoms with Gasteiger partial charge in [0.25, 0.3) is 5.91 Å². The van der Waals surface area contributed by atoms with Crippen molar-refractivity contribution in [2.75, 3.05) is 16.8 Å². The lowest BCUT2D eigenvalue weighted by molar-refractivity contribution is -0.116. The highest BCUT2D eigenvalue weighted by molar-refractivity contribution is 6.44. The summed E-state index contributed by atoms with van der Waals surface area (Å²) in [5.41, 5.74) is 2.85. The van der Waals surface area contributed by atoms with Gasteiger partial charge in [-0.2, -0.15) is 0 Å². The number of hydrogen-bond donors (Lipinski definition) is 1. The minimum Gasteiger partial charge on any atom is -0.321 e. The van der Waals surface area contributed by atoms with Gasteiger partial charge < -0.3 is 10.2 Å². The van der Waals surface area contributed by atoms with Crippen LogP contribution in [0.3, 0.4) is 0 Å². The second-order valence-electron chi connectivity index (χ2n) is 5.32. The van der Waals surface area contributed by atoms with Gasteiger partial charge in [0.05, 0.1) is 15.7 Å². The van der Waals surface area contributed by atoms with E-state index in [-0.39, 0.29) is 11.8 Å². The Morgan fingerprint density at radius 1 is 1.17 bits per heavy atom. The average molecular weight is 349 g/mol. The summed E-state index contributed by atoms with van der Waals surface area (Å²) in [6.07, 6.45) is 0.744. The summed E-state index contributed by atoms with van der Waals surface area (Å²) in [5.74, 6) is -0.259. The van der Waals surface area contributed by atoms with Crippen LogP contribution in [0.4, 0.5) is 11.4 Å². The van der Waals surface area contributed by atoms with Crippen LogP contribution in [0.2, 0.25) is 10.0 Å². The van der Waals surface area contributed by atoms with Crippen LogP contribution in [0.15, 0.2) is 36.4 Å². The van der Waals surface area contributed by atoms with E-state index < -0.39 is 0 Å². The minimum atomic E-state index is -0.266. The smallest absolute Gasteiger partial charge is 0.255 e. The van der Waals surface area contributed by atoms with Gasteiger partial charge in [-0.05, 0) is 42.3 Å². The van der Waals surface area contributed by atoms with Gasteiger partial charge >= 0.3 is 0 Å². The molecule has 2 amide bonds. The highest BCUT2D eigenvalue weighted by Crippen LogP contribution is 2.31. The molecule has 2 aromatic carbocycles. The first-order valence-corrected chi connectivity index (χ1v) is 7.89. The van der Waals surface area contributed by atoms with E-state index >= 15 is 0 Å². The number of amides is 2. The molecular weight excluding hydrogens is 335 g/mol. The highest BCUT2D eigenvalue weighted by Gasteiger charge is 2.23. The van der Waals surface area contributed by atoms with Crippen molar-refractivity contribution in [3.63, 3.8) is 0 Å². The standard InChI is InChI=1S/C17H14Cl2N2O2/c1-10(22)21-8-7-11-9-12(5-6-15(11)21)17(23)20-14-4-2-3-13(18)16(14)19/h2-6,9H,7-8H2,1H3,(H,20,23). The zero-order chi connectivity index (χ0) is 16.6. The number of carbonyl (C=O) groups excluding carboxylic acids is 2. The summed E-state index contributed by atoms with van der Waals surface area (Å²) >= 11 is 12.0. The normalized spacial score (nSPS) is 12.9. The van der Waals surface area contributed by atoms with Gasteiger partial charge in [0.2, 0.25) is 5.91 Å². The largest absolute Gasteiger partial charge is 0.321 e. The van der Waals surface area contributed by atoms with Gasteiger partial charge in [-0.25, -0.2) is 0 Å². The van der Waals surface area contributed by atoms with Gasteiger partial charge in [-0.1, -0.05) is 29.3 Å². The topological polar surface area (TPSA) is 49.4 Å². The maximum absolute atomic E-state index is 12.4. The first-order valence-electron chi connectivity index (χ1n) is 7.14. The van der Waals surface area contributed by atoms with Gasteiger partial charge in [-0.3, -0.25) is 9.59 Å². The Hall–Kier alpha value is -2.04.